The molecule has 0 saturated carbocycles. The maximum absolute atomic E-state index is 4.56. The second-order valence-corrected chi connectivity index (χ2v) is 7.20. The highest BCUT2D eigenvalue weighted by Crippen LogP contribution is 2.25. The van der Waals surface area contributed by atoms with Gasteiger partial charge in [0.25, 0.3) is 0 Å². The molecule has 18 heavy (non-hydrogen) atoms. The molecule has 98 valence electrons. The van der Waals surface area contributed by atoms with Crippen LogP contribution in [0.25, 0.3) is 0 Å². The first-order chi connectivity index (χ1) is 8.63. The van der Waals surface area contributed by atoms with Gasteiger partial charge in [0, 0.05) is 16.3 Å². The zero-order valence-corrected chi connectivity index (χ0v) is 13.2. The van der Waals surface area contributed by atoms with E-state index in [1.807, 2.05) is 17.8 Å². The Morgan fingerprint density at radius 2 is 2.33 bits per heavy atom. The molecule has 0 radical (unpaired) electrons. The second-order valence-electron chi connectivity index (χ2n) is 5.00. The highest BCUT2D eigenvalue weighted by atomic mass is 79.9. The Bertz CT molecular complexity index is 432. The van der Waals surface area contributed by atoms with E-state index in [4.69, 9.17) is 0 Å². The molecule has 1 aromatic rings. The Morgan fingerprint density at radius 1 is 1.50 bits per heavy atom. The summed E-state index contributed by atoms with van der Waals surface area (Å²) in [6.07, 6.45) is 1.25. The van der Waals surface area contributed by atoms with Gasteiger partial charge in [-0.25, -0.2) is 0 Å². The van der Waals surface area contributed by atoms with E-state index in [0.29, 0.717) is 5.25 Å². The van der Waals surface area contributed by atoms with E-state index in [9.17, 15) is 0 Å². The van der Waals surface area contributed by atoms with Gasteiger partial charge in [-0.15, -0.1) is 0 Å². The maximum Gasteiger partial charge on any atom is 0.157 e. The Balaban J connectivity index is 1.78. The lowest BCUT2D eigenvalue weighted by molar-refractivity contribution is 0.575. The number of benzene rings is 1. The predicted molar refractivity (Wildman–Crippen MR) is 84.1 cm³/mol. The third-order valence-corrected chi connectivity index (χ3v) is 4.45. The molecule has 0 aliphatic carbocycles. The minimum Gasteiger partial charge on any atom is -0.361 e. The summed E-state index contributed by atoms with van der Waals surface area (Å²) >= 11 is 5.38. The van der Waals surface area contributed by atoms with Crippen LogP contribution in [0.5, 0.6) is 0 Å². The first kappa shape index (κ1) is 13.9. The van der Waals surface area contributed by atoms with Crippen molar-refractivity contribution < 1.29 is 0 Å². The van der Waals surface area contributed by atoms with Crippen molar-refractivity contribution >= 4 is 32.9 Å². The van der Waals surface area contributed by atoms with Gasteiger partial charge >= 0.3 is 0 Å². The topological polar surface area (TPSA) is 24.4 Å². The molecule has 1 aromatic carbocycles. The largest absolute Gasteiger partial charge is 0.361 e. The van der Waals surface area contributed by atoms with Crippen LogP contribution < -0.4 is 5.32 Å². The number of amidine groups is 1. The maximum atomic E-state index is 4.56. The van der Waals surface area contributed by atoms with Gasteiger partial charge in [0.2, 0.25) is 0 Å². The van der Waals surface area contributed by atoms with Crippen LogP contribution >= 0.6 is 27.7 Å². The van der Waals surface area contributed by atoms with E-state index in [-0.39, 0.29) is 0 Å². The molecular formula is C14H19BrN2S. The number of aliphatic imine (C=N–C) groups is 1. The zero-order valence-electron chi connectivity index (χ0n) is 10.8. The van der Waals surface area contributed by atoms with Crippen LogP contribution in [0.3, 0.4) is 0 Å². The SMILES string of the molecule is CC(C)CC1CN=C(NCc2cccc(Br)c2)S1. The summed E-state index contributed by atoms with van der Waals surface area (Å²) in [5.41, 5.74) is 1.28. The monoisotopic (exact) mass is 326 g/mol. The fourth-order valence-electron chi connectivity index (χ4n) is 1.99. The molecule has 0 saturated heterocycles. The van der Waals surface area contributed by atoms with Crippen LogP contribution in [-0.4, -0.2) is 17.0 Å². The standard InChI is InChI=1S/C14H19BrN2S/c1-10(2)6-13-9-17-14(18-13)16-8-11-4-3-5-12(15)7-11/h3-5,7,10,13H,6,8-9H2,1-2H3,(H,16,17). The summed E-state index contributed by atoms with van der Waals surface area (Å²) in [6, 6.07) is 8.37. The van der Waals surface area contributed by atoms with Crippen molar-refractivity contribution in [2.45, 2.75) is 32.1 Å². The Morgan fingerprint density at radius 3 is 3.06 bits per heavy atom. The summed E-state index contributed by atoms with van der Waals surface area (Å²) in [5.74, 6) is 0.752. The molecule has 2 nitrogen and oxygen atoms in total. The Hall–Kier alpha value is -0.480. The van der Waals surface area contributed by atoms with Crippen LogP contribution in [-0.2, 0) is 6.54 Å². The highest BCUT2D eigenvalue weighted by Gasteiger charge is 2.20. The predicted octanol–water partition coefficient (Wildman–Crippen LogP) is 4.06. The number of rotatable bonds is 4. The molecule has 1 aliphatic heterocycles. The van der Waals surface area contributed by atoms with E-state index < -0.39 is 0 Å². The number of nitrogens with one attached hydrogen (secondary N) is 1. The molecule has 0 fully saturated rings. The van der Waals surface area contributed by atoms with Gasteiger partial charge in [-0.1, -0.05) is 53.7 Å². The molecule has 1 heterocycles. The van der Waals surface area contributed by atoms with Crippen molar-refractivity contribution in [1.29, 1.82) is 0 Å². The van der Waals surface area contributed by atoms with Crippen LogP contribution in [0.1, 0.15) is 25.8 Å². The van der Waals surface area contributed by atoms with Crippen LogP contribution in [0.4, 0.5) is 0 Å². The molecule has 0 bridgehead atoms. The summed E-state index contributed by atoms with van der Waals surface area (Å²) < 4.78 is 1.13. The van der Waals surface area contributed by atoms with E-state index in [2.05, 4.69) is 58.3 Å². The van der Waals surface area contributed by atoms with Crippen molar-refractivity contribution in [3.63, 3.8) is 0 Å². The number of nitrogens with zero attached hydrogens (tertiary/aromatic N) is 1. The van der Waals surface area contributed by atoms with Gasteiger partial charge in [-0.05, 0) is 30.0 Å². The third-order valence-electron chi connectivity index (χ3n) is 2.78. The van der Waals surface area contributed by atoms with Gasteiger partial charge in [-0.2, -0.15) is 0 Å². The van der Waals surface area contributed by atoms with Crippen LogP contribution in [0, 0.1) is 5.92 Å². The molecule has 1 aliphatic rings. The quantitative estimate of drug-likeness (QED) is 0.902. The minimum atomic E-state index is 0.662. The first-order valence-electron chi connectivity index (χ1n) is 6.33. The average molecular weight is 327 g/mol. The van der Waals surface area contributed by atoms with E-state index in [1.165, 1.54) is 12.0 Å². The number of hydrogen-bond donors (Lipinski definition) is 1. The van der Waals surface area contributed by atoms with Gasteiger partial charge in [-0.3, -0.25) is 4.99 Å². The molecule has 2 rings (SSSR count). The lowest BCUT2D eigenvalue weighted by atomic mass is 10.1. The van der Waals surface area contributed by atoms with Gasteiger partial charge < -0.3 is 5.32 Å². The van der Waals surface area contributed by atoms with Gasteiger partial charge in [0.1, 0.15) is 0 Å². The lowest BCUT2D eigenvalue weighted by Gasteiger charge is -2.11. The molecule has 4 heteroatoms. The molecule has 1 atom stereocenters. The van der Waals surface area contributed by atoms with Gasteiger partial charge in [0.15, 0.2) is 5.17 Å². The van der Waals surface area contributed by atoms with Crippen molar-refractivity contribution in [2.24, 2.45) is 10.9 Å². The van der Waals surface area contributed by atoms with E-state index in [1.54, 1.807) is 0 Å². The lowest BCUT2D eigenvalue weighted by Crippen LogP contribution is -2.19. The molecule has 1 N–H and O–H groups in total. The fraction of sp³-hybridized carbons (Fsp3) is 0.500. The third kappa shape index (κ3) is 4.32. The minimum absolute atomic E-state index is 0.662. The van der Waals surface area contributed by atoms with Crippen molar-refractivity contribution in [3.8, 4) is 0 Å². The summed E-state index contributed by atoms with van der Waals surface area (Å²) in [6.45, 7) is 6.35. The molecular weight excluding hydrogens is 308 g/mol. The number of halogens is 1. The second kappa shape index (κ2) is 6.62. The van der Waals surface area contributed by atoms with Crippen LogP contribution in [0.2, 0.25) is 0 Å². The Kier molecular flexibility index (Phi) is 5.13. The highest BCUT2D eigenvalue weighted by molar-refractivity contribution is 9.10. The summed E-state index contributed by atoms with van der Waals surface area (Å²) in [5, 5.41) is 5.18. The number of thioether (sulfide) groups is 1. The summed E-state index contributed by atoms with van der Waals surface area (Å²) in [4.78, 5) is 4.56. The first-order valence-corrected chi connectivity index (χ1v) is 8.00. The zero-order chi connectivity index (χ0) is 13.0. The average Bonchev–Trinajstić information content (AvgIpc) is 2.73. The molecule has 0 aromatic heterocycles. The van der Waals surface area contributed by atoms with Crippen molar-refractivity contribution in [3.05, 3.63) is 34.3 Å². The summed E-state index contributed by atoms with van der Waals surface area (Å²) in [7, 11) is 0. The van der Waals surface area contributed by atoms with Crippen molar-refractivity contribution in [2.75, 3.05) is 6.54 Å². The van der Waals surface area contributed by atoms with Crippen molar-refractivity contribution in [1.82, 2.24) is 5.32 Å². The smallest absolute Gasteiger partial charge is 0.157 e. The van der Waals surface area contributed by atoms with E-state index in [0.717, 1.165) is 28.6 Å². The van der Waals surface area contributed by atoms with E-state index >= 15 is 0 Å². The number of hydrogen-bond acceptors (Lipinski definition) is 3. The fourth-order valence-corrected chi connectivity index (χ4v) is 3.68. The molecule has 1 unspecified atom stereocenters. The van der Waals surface area contributed by atoms with Gasteiger partial charge in [0.05, 0.1) is 6.54 Å². The van der Waals surface area contributed by atoms with Crippen LogP contribution in [0.15, 0.2) is 33.7 Å². The molecule has 0 amide bonds. The normalized spacial score (nSPS) is 19.1. The Labute approximate surface area is 122 Å². The molecule has 0 spiro atoms.